The molecule has 0 saturated heterocycles. The van der Waals surface area contributed by atoms with Gasteiger partial charge in [-0.15, -0.1) is 0 Å². The first-order valence-corrected chi connectivity index (χ1v) is 2.33. The summed E-state index contributed by atoms with van der Waals surface area (Å²) >= 11 is 0. The van der Waals surface area contributed by atoms with Crippen molar-refractivity contribution in [2.75, 3.05) is 13.6 Å². The highest BCUT2D eigenvalue weighted by molar-refractivity contribution is 5.03. The fraction of sp³-hybridized carbons (Fsp3) is 0.333. The molecule has 0 fully saturated rings. The molecule has 0 aromatic rings. The maximum absolute atomic E-state index is 3.05. The van der Waals surface area contributed by atoms with E-state index in [9.17, 15) is 0 Å². The Balaban J connectivity index is 2.49. The Morgan fingerprint density at radius 3 is 2.86 bits per heavy atom. The smallest absolute Gasteiger partial charge is 0.158 e. The Bertz CT molecular complexity index is 103. The van der Waals surface area contributed by atoms with Crippen LogP contribution in [0.3, 0.4) is 0 Å². The summed E-state index contributed by atoms with van der Waals surface area (Å²) in [7, 11) is 2.02. The van der Waals surface area contributed by atoms with Crippen molar-refractivity contribution in [1.82, 2.24) is 4.90 Å². The summed E-state index contributed by atoms with van der Waals surface area (Å²) in [6.07, 6.45) is 8.98. The van der Waals surface area contributed by atoms with Gasteiger partial charge in [-0.1, -0.05) is 0 Å². The summed E-state index contributed by atoms with van der Waals surface area (Å²) in [4.78, 5) is 2.07. The van der Waals surface area contributed by atoms with Crippen LogP contribution in [0.5, 0.6) is 0 Å². The molecular formula is C6H8N+. The van der Waals surface area contributed by atoms with Crippen molar-refractivity contribution in [3.63, 3.8) is 0 Å². The van der Waals surface area contributed by atoms with E-state index in [0.717, 1.165) is 6.54 Å². The summed E-state index contributed by atoms with van der Waals surface area (Å²) in [5.41, 5.74) is 0. The predicted octanol–water partition coefficient (Wildman–Crippen LogP) is 0.805. The van der Waals surface area contributed by atoms with Crippen LogP contribution in [-0.4, -0.2) is 18.5 Å². The molecule has 0 unspecified atom stereocenters. The molecule has 0 bridgehead atoms. The topological polar surface area (TPSA) is 3.24 Å². The Hall–Kier alpha value is -0.810. The largest absolute Gasteiger partial charge is 0.336 e. The van der Waals surface area contributed by atoms with Gasteiger partial charge in [-0.05, 0) is 0 Å². The third-order valence-electron chi connectivity index (χ3n) is 0.895. The molecule has 0 atom stereocenters. The second-order valence-electron chi connectivity index (χ2n) is 1.63. The molecule has 1 nitrogen and oxygen atoms in total. The van der Waals surface area contributed by atoms with E-state index in [-0.39, 0.29) is 0 Å². The molecule has 36 valence electrons. The second kappa shape index (κ2) is 1.76. The van der Waals surface area contributed by atoms with Crippen LogP contribution in [0.2, 0.25) is 0 Å². The lowest BCUT2D eigenvalue weighted by molar-refractivity contribution is 0.498. The molecule has 0 aromatic heterocycles. The van der Waals surface area contributed by atoms with E-state index in [2.05, 4.69) is 11.0 Å². The monoisotopic (exact) mass is 94.1 g/mol. The van der Waals surface area contributed by atoms with E-state index >= 15 is 0 Å². The molecule has 1 rings (SSSR count). The van der Waals surface area contributed by atoms with Gasteiger partial charge in [0.1, 0.15) is 0 Å². The number of rotatable bonds is 0. The SMILES string of the molecule is CN1C=CC=[C+]C1. The lowest BCUT2D eigenvalue weighted by atomic mass is 10.4. The predicted molar refractivity (Wildman–Crippen MR) is 29.6 cm³/mol. The Kier molecular flexibility index (Phi) is 1.10. The van der Waals surface area contributed by atoms with Gasteiger partial charge in [0.15, 0.2) is 12.6 Å². The fourth-order valence-electron chi connectivity index (χ4n) is 0.507. The van der Waals surface area contributed by atoms with Gasteiger partial charge in [0.05, 0.1) is 18.4 Å². The zero-order valence-corrected chi connectivity index (χ0v) is 4.39. The lowest BCUT2D eigenvalue weighted by Gasteiger charge is -2.03. The zero-order chi connectivity index (χ0) is 5.11. The van der Waals surface area contributed by atoms with Crippen molar-refractivity contribution in [1.29, 1.82) is 0 Å². The van der Waals surface area contributed by atoms with Gasteiger partial charge in [0.2, 0.25) is 0 Å². The third kappa shape index (κ3) is 1.02. The maximum Gasteiger partial charge on any atom is 0.158 e. The van der Waals surface area contributed by atoms with Crippen LogP contribution >= 0.6 is 0 Å². The molecule has 1 heteroatoms. The first kappa shape index (κ1) is 4.35. The molecular weight excluding hydrogens is 86.1 g/mol. The number of nitrogens with zero attached hydrogens (tertiary/aromatic N) is 1. The maximum atomic E-state index is 3.05. The Morgan fingerprint density at radius 2 is 2.57 bits per heavy atom. The van der Waals surface area contributed by atoms with Crippen molar-refractivity contribution < 1.29 is 0 Å². The van der Waals surface area contributed by atoms with Gasteiger partial charge in [-0.25, -0.2) is 0 Å². The summed E-state index contributed by atoms with van der Waals surface area (Å²) in [6.45, 7) is 0.927. The van der Waals surface area contributed by atoms with E-state index < -0.39 is 0 Å². The molecule has 0 saturated carbocycles. The van der Waals surface area contributed by atoms with Crippen LogP contribution in [-0.2, 0) is 0 Å². The highest BCUT2D eigenvalue weighted by Gasteiger charge is 1.96. The van der Waals surface area contributed by atoms with Crippen molar-refractivity contribution in [2.24, 2.45) is 0 Å². The van der Waals surface area contributed by atoms with Crippen molar-refractivity contribution in [2.45, 2.75) is 0 Å². The minimum Gasteiger partial charge on any atom is -0.336 e. The summed E-state index contributed by atoms with van der Waals surface area (Å²) in [6, 6.07) is 0. The number of hydrogen-bond donors (Lipinski definition) is 0. The summed E-state index contributed by atoms with van der Waals surface area (Å²) in [5, 5.41) is 0. The fourth-order valence-corrected chi connectivity index (χ4v) is 0.507. The van der Waals surface area contributed by atoms with Crippen molar-refractivity contribution in [3.8, 4) is 0 Å². The van der Waals surface area contributed by atoms with Gasteiger partial charge in [0, 0.05) is 7.05 Å². The van der Waals surface area contributed by atoms with Gasteiger partial charge in [-0.2, -0.15) is 0 Å². The average Bonchev–Trinajstić information content (AvgIpc) is 1.69. The lowest BCUT2D eigenvalue weighted by Crippen LogP contribution is -2.11. The van der Waals surface area contributed by atoms with Crippen LogP contribution in [0.25, 0.3) is 0 Å². The highest BCUT2D eigenvalue weighted by Crippen LogP contribution is 1.90. The minimum atomic E-state index is 0.927. The van der Waals surface area contributed by atoms with Gasteiger partial charge in [0.25, 0.3) is 0 Å². The molecule has 1 aliphatic heterocycles. The molecule has 1 aliphatic rings. The van der Waals surface area contributed by atoms with E-state index in [4.69, 9.17) is 0 Å². The molecule has 0 radical (unpaired) electrons. The van der Waals surface area contributed by atoms with E-state index in [1.807, 2.05) is 25.4 Å². The molecule has 0 spiro atoms. The van der Waals surface area contributed by atoms with Crippen LogP contribution in [0, 0.1) is 6.08 Å². The van der Waals surface area contributed by atoms with Crippen LogP contribution < -0.4 is 0 Å². The van der Waals surface area contributed by atoms with Gasteiger partial charge >= 0.3 is 0 Å². The number of allylic oxidation sites excluding steroid dienone is 2. The molecule has 7 heavy (non-hydrogen) atoms. The first-order valence-electron chi connectivity index (χ1n) is 2.33. The molecule has 0 aromatic carbocycles. The van der Waals surface area contributed by atoms with E-state index in [1.165, 1.54) is 0 Å². The quantitative estimate of drug-likeness (QED) is 0.401. The van der Waals surface area contributed by atoms with Gasteiger partial charge < -0.3 is 4.90 Å². The summed E-state index contributed by atoms with van der Waals surface area (Å²) < 4.78 is 0. The standard InChI is InChI=1S/C6H8N/c1-7-5-3-2-4-6-7/h2-3,5H,6H2,1H3/q+1. The van der Waals surface area contributed by atoms with E-state index in [0.29, 0.717) is 0 Å². The number of likely N-dealkylation sites (N-methyl/N-ethyl adjacent to an activating group) is 1. The molecule has 0 amide bonds. The first-order chi connectivity index (χ1) is 3.39. The summed E-state index contributed by atoms with van der Waals surface area (Å²) in [5.74, 6) is 0. The van der Waals surface area contributed by atoms with Crippen molar-refractivity contribution >= 4 is 0 Å². The molecule has 0 N–H and O–H groups in total. The molecule has 1 heterocycles. The Morgan fingerprint density at radius 1 is 1.71 bits per heavy atom. The number of hydrogen-bond acceptors (Lipinski definition) is 1. The average molecular weight is 94.1 g/mol. The highest BCUT2D eigenvalue weighted by atomic mass is 15.1. The van der Waals surface area contributed by atoms with Crippen LogP contribution in [0.1, 0.15) is 0 Å². The zero-order valence-electron chi connectivity index (χ0n) is 4.39. The van der Waals surface area contributed by atoms with Crippen LogP contribution in [0.15, 0.2) is 18.4 Å². The Labute approximate surface area is 43.9 Å². The van der Waals surface area contributed by atoms with Crippen molar-refractivity contribution in [3.05, 3.63) is 24.4 Å². The molecule has 0 aliphatic carbocycles. The second-order valence-corrected chi connectivity index (χ2v) is 1.63. The van der Waals surface area contributed by atoms with E-state index in [1.54, 1.807) is 0 Å². The van der Waals surface area contributed by atoms with Crippen LogP contribution in [0.4, 0.5) is 0 Å². The third-order valence-corrected chi connectivity index (χ3v) is 0.895. The van der Waals surface area contributed by atoms with Gasteiger partial charge in [-0.3, -0.25) is 0 Å². The normalized spacial score (nSPS) is 17.0. The minimum absolute atomic E-state index is 0.927.